The largest absolute Gasteiger partial charge is 0.491 e. The zero-order valence-electron chi connectivity index (χ0n) is 11.9. The smallest absolute Gasteiger partial charge is 0.237 e. The molecule has 0 heterocycles. The van der Waals surface area contributed by atoms with Crippen LogP contribution in [0.5, 0.6) is 5.75 Å². The molecule has 0 aromatic heterocycles. The van der Waals surface area contributed by atoms with E-state index in [0.29, 0.717) is 12.2 Å². The lowest BCUT2D eigenvalue weighted by molar-refractivity contribution is -0.123. The van der Waals surface area contributed by atoms with Crippen LogP contribution >= 0.6 is 12.4 Å². The Balaban J connectivity index is 0.00000400. The maximum atomic E-state index is 12.7. The molecular formula is C14H22ClFN2O3. The Bertz CT molecular complexity index is 417. The fourth-order valence-corrected chi connectivity index (χ4v) is 1.57. The number of nitrogens with one attached hydrogen (secondary N) is 1. The summed E-state index contributed by atoms with van der Waals surface area (Å²) >= 11 is 0. The van der Waals surface area contributed by atoms with E-state index in [1.165, 1.54) is 24.3 Å². The molecule has 0 bridgehead atoms. The van der Waals surface area contributed by atoms with Gasteiger partial charge >= 0.3 is 0 Å². The normalized spacial score (nSPS) is 13.0. The molecule has 1 aromatic carbocycles. The fraction of sp³-hybridized carbons (Fsp3) is 0.500. The van der Waals surface area contributed by atoms with Crippen molar-refractivity contribution in [3.8, 4) is 5.75 Å². The highest BCUT2D eigenvalue weighted by Crippen LogP contribution is 2.11. The number of hydrogen-bond acceptors (Lipinski definition) is 4. The first kappa shape index (κ1) is 19.6. The van der Waals surface area contributed by atoms with E-state index in [0.717, 1.165) is 6.42 Å². The Morgan fingerprint density at radius 1 is 1.43 bits per heavy atom. The van der Waals surface area contributed by atoms with Crippen LogP contribution in [0.25, 0.3) is 0 Å². The van der Waals surface area contributed by atoms with Gasteiger partial charge in [0, 0.05) is 6.54 Å². The monoisotopic (exact) mass is 320 g/mol. The Morgan fingerprint density at radius 2 is 2.05 bits per heavy atom. The predicted molar refractivity (Wildman–Crippen MR) is 81.0 cm³/mol. The molecule has 120 valence electrons. The number of carbonyl (C=O) groups excluding carboxylic acids is 1. The van der Waals surface area contributed by atoms with Crippen molar-refractivity contribution in [1.82, 2.24) is 5.32 Å². The predicted octanol–water partition coefficient (Wildman–Crippen LogP) is 1.23. The van der Waals surface area contributed by atoms with Crippen molar-refractivity contribution in [2.45, 2.75) is 31.9 Å². The highest BCUT2D eigenvalue weighted by atomic mass is 35.5. The molecule has 1 rings (SSSR count). The van der Waals surface area contributed by atoms with E-state index < -0.39 is 12.1 Å². The number of nitrogens with two attached hydrogens (primary N) is 1. The first-order valence-electron chi connectivity index (χ1n) is 6.62. The molecule has 5 nitrogen and oxygen atoms in total. The lowest BCUT2D eigenvalue weighted by atomic mass is 10.1. The molecule has 2 unspecified atom stereocenters. The van der Waals surface area contributed by atoms with E-state index >= 15 is 0 Å². The third kappa shape index (κ3) is 7.84. The minimum absolute atomic E-state index is 0. The number of benzene rings is 1. The van der Waals surface area contributed by atoms with E-state index in [2.05, 4.69) is 5.32 Å². The lowest BCUT2D eigenvalue weighted by Gasteiger charge is -2.15. The molecule has 0 fully saturated rings. The molecule has 0 saturated heterocycles. The summed E-state index contributed by atoms with van der Waals surface area (Å²) in [6.45, 7) is 2.02. The summed E-state index contributed by atoms with van der Waals surface area (Å²) in [6.07, 6.45) is 0.580. The number of carbonyl (C=O) groups is 1. The van der Waals surface area contributed by atoms with Crippen molar-refractivity contribution >= 4 is 18.3 Å². The second-order valence-corrected chi connectivity index (χ2v) is 4.56. The van der Waals surface area contributed by atoms with Crippen molar-refractivity contribution in [1.29, 1.82) is 0 Å². The minimum atomic E-state index is -0.849. The van der Waals surface area contributed by atoms with Gasteiger partial charge in [-0.1, -0.05) is 13.3 Å². The van der Waals surface area contributed by atoms with E-state index in [1.54, 1.807) is 0 Å². The molecule has 0 aliphatic rings. The van der Waals surface area contributed by atoms with Crippen LogP contribution in [0, 0.1) is 5.82 Å². The Kier molecular flexibility index (Phi) is 9.69. The van der Waals surface area contributed by atoms with Crippen molar-refractivity contribution in [2.75, 3.05) is 13.2 Å². The van der Waals surface area contributed by atoms with Gasteiger partial charge in [-0.05, 0) is 30.7 Å². The topological polar surface area (TPSA) is 84.6 Å². The molecular weight excluding hydrogens is 299 g/mol. The van der Waals surface area contributed by atoms with Crippen molar-refractivity contribution in [3.63, 3.8) is 0 Å². The summed E-state index contributed by atoms with van der Waals surface area (Å²) in [7, 11) is 0. The Hall–Kier alpha value is -1.37. The minimum Gasteiger partial charge on any atom is -0.491 e. The second-order valence-electron chi connectivity index (χ2n) is 4.56. The van der Waals surface area contributed by atoms with Crippen LogP contribution < -0.4 is 15.8 Å². The highest BCUT2D eigenvalue weighted by Gasteiger charge is 2.13. The molecule has 1 amide bonds. The molecule has 0 aliphatic carbocycles. The van der Waals surface area contributed by atoms with Crippen LogP contribution in [0.4, 0.5) is 4.39 Å². The van der Waals surface area contributed by atoms with Gasteiger partial charge in [-0.25, -0.2) is 4.39 Å². The molecule has 7 heteroatoms. The van der Waals surface area contributed by atoms with Crippen LogP contribution in [-0.2, 0) is 4.79 Å². The zero-order chi connectivity index (χ0) is 15.0. The maximum absolute atomic E-state index is 12.7. The van der Waals surface area contributed by atoms with E-state index in [9.17, 15) is 14.3 Å². The van der Waals surface area contributed by atoms with Gasteiger partial charge < -0.3 is 20.9 Å². The molecule has 0 radical (unpaired) electrons. The van der Waals surface area contributed by atoms with Gasteiger partial charge in [0.2, 0.25) is 5.91 Å². The quantitative estimate of drug-likeness (QED) is 0.672. The average Bonchev–Trinajstić information content (AvgIpc) is 2.44. The van der Waals surface area contributed by atoms with Gasteiger partial charge in [0.1, 0.15) is 24.3 Å². The molecule has 0 aliphatic heterocycles. The van der Waals surface area contributed by atoms with E-state index in [-0.39, 0.29) is 37.3 Å². The molecule has 4 N–H and O–H groups in total. The molecule has 2 atom stereocenters. The number of amides is 1. The number of aliphatic hydroxyl groups is 1. The Morgan fingerprint density at radius 3 is 2.62 bits per heavy atom. The van der Waals surface area contributed by atoms with Gasteiger partial charge in [-0.2, -0.15) is 0 Å². The van der Waals surface area contributed by atoms with Crippen molar-refractivity contribution in [2.24, 2.45) is 5.73 Å². The van der Waals surface area contributed by atoms with Crippen LogP contribution in [-0.4, -0.2) is 36.3 Å². The number of aliphatic hydroxyl groups excluding tert-OH is 1. The summed E-state index contributed by atoms with van der Waals surface area (Å²) in [6, 6.07) is 4.93. The van der Waals surface area contributed by atoms with Crippen molar-refractivity contribution in [3.05, 3.63) is 30.1 Å². The summed E-state index contributed by atoms with van der Waals surface area (Å²) < 4.78 is 17.9. The summed E-state index contributed by atoms with van der Waals surface area (Å²) in [5, 5.41) is 12.2. The second kappa shape index (κ2) is 10.4. The fourth-order valence-electron chi connectivity index (χ4n) is 1.57. The van der Waals surface area contributed by atoms with Gasteiger partial charge in [-0.3, -0.25) is 4.79 Å². The standard InChI is InChI=1S/C14H21FN2O3.ClH/c1-2-3-13(16)14(19)17-8-11(18)9-20-12-6-4-10(15)5-7-12;/h4-7,11,13,18H,2-3,8-9,16H2,1H3,(H,17,19);1H. The SMILES string of the molecule is CCCC(N)C(=O)NCC(O)COc1ccc(F)cc1.Cl. The Labute approximate surface area is 130 Å². The van der Waals surface area contributed by atoms with Crippen LogP contribution in [0.2, 0.25) is 0 Å². The third-order valence-corrected chi connectivity index (χ3v) is 2.70. The van der Waals surface area contributed by atoms with Gasteiger partial charge in [0.15, 0.2) is 0 Å². The average molecular weight is 321 g/mol. The lowest BCUT2D eigenvalue weighted by Crippen LogP contribution is -2.44. The van der Waals surface area contributed by atoms with Gasteiger partial charge in [-0.15, -0.1) is 12.4 Å². The number of hydrogen-bond donors (Lipinski definition) is 3. The van der Waals surface area contributed by atoms with Gasteiger partial charge in [0.05, 0.1) is 6.04 Å². The van der Waals surface area contributed by atoms with E-state index in [1.807, 2.05) is 6.92 Å². The van der Waals surface area contributed by atoms with Crippen molar-refractivity contribution < 1.29 is 19.0 Å². The first-order valence-corrected chi connectivity index (χ1v) is 6.62. The number of ether oxygens (including phenoxy) is 1. The highest BCUT2D eigenvalue weighted by molar-refractivity contribution is 5.85. The molecule has 0 saturated carbocycles. The first-order chi connectivity index (χ1) is 9.52. The molecule has 1 aromatic rings. The number of rotatable bonds is 8. The molecule has 21 heavy (non-hydrogen) atoms. The third-order valence-electron chi connectivity index (χ3n) is 2.70. The van der Waals surface area contributed by atoms with Crippen LogP contribution in [0.3, 0.4) is 0 Å². The summed E-state index contributed by atoms with van der Waals surface area (Å²) in [5.41, 5.74) is 5.63. The molecule has 0 spiro atoms. The summed E-state index contributed by atoms with van der Waals surface area (Å²) in [4.78, 5) is 11.5. The van der Waals surface area contributed by atoms with Gasteiger partial charge in [0.25, 0.3) is 0 Å². The van der Waals surface area contributed by atoms with E-state index in [4.69, 9.17) is 10.5 Å². The zero-order valence-corrected chi connectivity index (χ0v) is 12.7. The van der Waals surface area contributed by atoms with Crippen LogP contribution in [0.1, 0.15) is 19.8 Å². The summed E-state index contributed by atoms with van der Waals surface area (Å²) in [5.74, 6) is -0.179. The number of halogens is 2. The maximum Gasteiger partial charge on any atom is 0.237 e. The van der Waals surface area contributed by atoms with Crippen LogP contribution in [0.15, 0.2) is 24.3 Å².